The van der Waals surface area contributed by atoms with E-state index in [0.29, 0.717) is 0 Å². The molecule has 8 aromatic carbocycles. The number of imidazole rings is 2. The Kier molecular flexibility index (Phi) is 8.11. The quantitative estimate of drug-likeness (QED) is 0.163. The van der Waals surface area contributed by atoms with E-state index in [1.807, 2.05) is 18.2 Å². The largest absolute Gasteiger partial charge is 0.299 e. The van der Waals surface area contributed by atoms with E-state index in [9.17, 15) is 0 Å². The predicted octanol–water partition coefficient (Wildman–Crippen LogP) is 13.8. The number of rotatable bonds is 7. The Morgan fingerprint density at radius 1 is 0.379 bits per heavy atom. The highest BCUT2D eigenvalue weighted by molar-refractivity contribution is 5.98. The average molecular weight is 741 g/mol. The van der Waals surface area contributed by atoms with Crippen molar-refractivity contribution in [3.63, 3.8) is 0 Å². The Morgan fingerprint density at radius 2 is 0.983 bits per heavy atom. The van der Waals surface area contributed by atoms with E-state index in [4.69, 9.17) is 9.97 Å². The molecule has 0 unspecified atom stereocenters. The molecule has 0 fully saturated rings. The number of para-hydroxylation sites is 3. The standard InChI is InChI=1S/C54H36N4/c1-3-15-40(16-4-1)52-53(57-33-12-11-24-51(57)56-52)41-29-25-37(26-30-41)43-34-44(36-45(35-43)48-21-13-17-39-14-7-8-20-47(39)48)38-27-31-42(32-28-38)54-55-49-22-9-10-23-50(49)58(54)46-18-5-2-6-19-46/h1-36H. The molecule has 0 atom stereocenters. The molecule has 0 spiro atoms. The molecule has 11 rings (SSSR count). The fraction of sp³-hybridized carbons (Fsp3) is 0. The van der Waals surface area contributed by atoms with Gasteiger partial charge >= 0.3 is 0 Å². The van der Waals surface area contributed by atoms with Gasteiger partial charge in [0.25, 0.3) is 0 Å². The van der Waals surface area contributed by atoms with Gasteiger partial charge in [-0.25, -0.2) is 9.97 Å². The molecule has 0 N–H and O–H groups in total. The molecule has 0 saturated carbocycles. The van der Waals surface area contributed by atoms with Crippen molar-refractivity contribution < 1.29 is 0 Å². The van der Waals surface area contributed by atoms with Crippen molar-refractivity contribution in [1.29, 1.82) is 0 Å². The second-order valence-corrected chi connectivity index (χ2v) is 14.7. The van der Waals surface area contributed by atoms with Crippen molar-refractivity contribution in [1.82, 2.24) is 18.9 Å². The molecule has 0 aliphatic rings. The van der Waals surface area contributed by atoms with Crippen molar-refractivity contribution in [2.75, 3.05) is 0 Å². The van der Waals surface area contributed by atoms with Crippen LogP contribution in [-0.2, 0) is 0 Å². The molecular formula is C54H36N4. The first-order chi connectivity index (χ1) is 28.7. The van der Waals surface area contributed by atoms with Crippen LogP contribution in [0, 0.1) is 0 Å². The molecule has 11 aromatic rings. The van der Waals surface area contributed by atoms with Gasteiger partial charge in [0.15, 0.2) is 0 Å². The molecule has 0 bridgehead atoms. The third kappa shape index (κ3) is 5.87. The lowest BCUT2D eigenvalue weighted by Gasteiger charge is -2.14. The summed E-state index contributed by atoms with van der Waals surface area (Å²) >= 11 is 0. The molecule has 0 amide bonds. The summed E-state index contributed by atoms with van der Waals surface area (Å²) in [7, 11) is 0. The van der Waals surface area contributed by atoms with Crippen molar-refractivity contribution >= 4 is 27.5 Å². The lowest BCUT2D eigenvalue weighted by atomic mass is 9.90. The minimum Gasteiger partial charge on any atom is -0.299 e. The molecule has 3 heterocycles. The molecule has 0 saturated heterocycles. The van der Waals surface area contributed by atoms with Crippen LogP contribution < -0.4 is 0 Å². The molecule has 272 valence electrons. The van der Waals surface area contributed by atoms with Crippen LogP contribution in [0.5, 0.6) is 0 Å². The highest BCUT2D eigenvalue weighted by atomic mass is 15.1. The summed E-state index contributed by atoms with van der Waals surface area (Å²) < 4.78 is 4.44. The van der Waals surface area contributed by atoms with E-state index in [1.165, 1.54) is 21.9 Å². The zero-order valence-electron chi connectivity index (χ0n) is 31.6. The fourth-order valence-electron chi connectivity index (χ4n) is 8.35. The van der Waals surface area contributed by atoms with Gasteiger partial charge < -0.3 is 0 Å². The SMILES string of the molecule is c1ccc(-c2nc3ccccn3c2-c2ccc(-c3cc(-c4ccc(-c5nc6ccccc6n5-c5ccccc5)cc4)cc(-c4cccc5ccccc45)c3)cc2)cc1. The molecule has 3 aromatic heterocycles. The number of benzene rings is 8. The molecule has 0 aliphatic carbocycles. The molecule has 0 aliphatic heterocycles. The number of pyridine rings is 1. The predicted molar refractivity (Wildman–Crippen MR) is 240 cm³/mol. The Hall–Kier alpha value is -7.82. The van der Waals surface area contributed by atoms with Crippen LogP contribution in [0.3, 0.4) is 0 Å². The third-order valence-electron chi connectivity index (χ3n) is 11.2. The Balaban J connectivity index is 1.03. The van der Waals surface area contributed by atoms with Crippen molar-refractivity contribution in [3.05, 3.63) is 219 Å². The second-order valence-electron chi connectivity index (χ2n) is 14.7. The average Bonchev–Trinajstić information content (AvgIpc) is 3.89. The highest BCUT2D eigenvalue weighted by Gasteiger charge is 2.18. The Morgan fingerprint density at radius 3 is 1.76 bits per heavy atom. The highest BCUT2D eigenvalue weighted by Crippen LogP contribution is 2.39. The summed E-state index contributed by atoms with van der Waals surface area (Å²) in [5.74, 6) is 0.922. The maximum atomic E-state index is 5.12. The normalized spacial score (nSPS) is 11.4. The van der Waals surface area contributed by atoms with E-state index >= 15 is 0 Å². The lowest BCUT2D eigenvalue weighted by Crippen LogP contribution is -1.97. The first-order valence-corrected chi connectivity index (χ1v) is 19.7. The summed E-state index contributed by atoms with van der Waals surface area (Å²) in [4.78, 5) is 10.2. The van der Waals surface area contributed by atoms with Gasteiger partial charge in [0, 0.05) is 28.6 Å². The van der Waals surface area contributed by atoms with Crippen LogP contribution in [0.4, 0.5) is 0 Å². The summed E-state index contributed by atoms with van der Waals surface area (Å²) in [5.41, 5.74) is 16.4. The summed E-state index contributed by atoms with van der Waals surface area (Å²) in [6.45, 7) is 0. The zero-order valence-corrected chi connectivity index (χ0v) is 31.6. The van der Waals surface area contributed by atoms with Crippen molar-refractivity contribution in [3.8, 4) is 73.0 Å². The minimum absolute atomic E-state index is 0.922. The van der Waals surface area contributed by atoms with E-state index < -0.39 is 0 Å². The van der Waals surface area contributed by atoms with Crippen LogP contribution in [0.25, 0.3) is 100 Å². The Bertz CT molecular complexity index is 3240. The van der Waals surface area contributed by atoms with Crippen molar-refractivity contribution in [2.24, 2.45) is 0 Å². The van der Waals surface area contributed by atoms with E-state index in [0.717, 1.165) is 78.5 Å². The van der Waals surface area contributed by atoms with Gasteiger partial charge in [0.05, 0.1) is 22.4 Å². The fourth-order valence-corrected chi connectivity index (χ4v) is 8.35. The summed E-state index contributed by atoms with van der Waals surface area (Å²) in [6.07, 6.45) is 2.10. The van der Waals surface area contributed by atoms with E-state index in [2.05, 4.69) is 209 Å². The summed E-state index contributed by atoms with van der Waals surface area (Å²) in [5, 5.41) is 2.46. The van der Waals surface area contributed by atoms with Crippen LogP contribution in [0.1, 0.15) is 0 Å². The van der Waals surface area contributed by atoms with Gasteiger partial charge in [0.1, 0.15) is 11.5 Å². The first-order valence-electron chi connectivity index (χ1n) is 19.7. The van der Waals surface area contributed by atoms with Crippen LogP contribution in [-0.4, -0.2) is 18.9 Å². The number of nitrogens with zero attached hydrogens (tertiary/aromatic N) is 4. The van der Waals surface area contributed by atoms with Gasteiger partial charge in [-0.2, -0.15) is 0 Å². The number of aromatic nitrogens is 4. The number of fused-ring (bicyclic) bond motifs is 3. The zero-order chi connectivity index (χ0) is 38.4. The maximum Gasteiger partial charge on any atom is 0.145 e. The molecule has 58 heavy (non-hydrogen) atoms. The molecule has 4 nitrogen and oxygen atoms in total. The van der Waals surface area contributed by atoms with Gasteiger partial charge in [-0.15, -0.1) is 0 Å². The lowest BCUT2D eigenvalue weighted by molar-refractivity contribution is 1.10. The van der Waals surface area contributed by atoms with Gasteiger partial charge in [0.2, 0.25) is 0 Å². The number of hydrogen-bond acceptors (Lipinski definition) is 2. The van der Waals surface area contributed by atoms with E-state index in [1.54, 1.807) is 0 Å². The van der Waals surface area contributed by atoms with Crippen LogP contribution >= 0.6 is 0 Å². The molecule has 0 radical (unpaired) electrons. The van der Waals surface area contributed by atoms with Crippen LogP contribution in [0.2, 0.25) is 0 Å². The topological polar surface area (TPSA) is 35.1 Å². The first kappa shape index (κ1) is 33.5. The van der Waals surface area contributed by atoms with Crippen molar-refractivity contribution in [2.45, 2.75) is 0 Å². The minimum atomic E-state index is 0.922. The van der Waals surface area contributed by atoms with Gasteiger partial charge in [-0.3, -0.25) is 8.97 Å². The third-order valence-corrected chi connectivity index (χ3v) is 11.2. The van der Waals surface area contributed by atoms with Gasteiger partial charge in [-0.05, 0) is 98.8 Å². The number of hydrogen-bond donors (Lipinski definition) is 0. The van der Waals surface area contributed by atoms with Gasteiger partial charge in [-0.1, -0.05) is 158 Å². The second kappa shape index (κ2) is 14.0. The van der Waals surface area contributed by atoms with Crippen LogP contribution in [0.15, 0.2) is 219 Å². The molecular weight excluding hydrogens is 705 g/mol. The van der Waals surface area contributed by atoms with E-state index in [-0.39, 0.29) is 0 Å². The maximum absolute atomic E-state index is 5.12. The Labute approximate surface area is 336 Å². The monoisotopic (exact) mass is 740 g/mol. The summed E-state index contributed by atoms with van der Waals surface area (Å²) in [6, 6.07) is 75.5. The molecule has 4 heteroatoms. The smallest absolute Gasteiger partial charge is 0.145 e.